The van der Waals surface area contributed by atoms with Crippen molar-refractivity contribution < 1.29 is 4.42 Å². The first-order valence-electron chi connectivity index (χ1n) is 10.1. The first kappa shape index (κ1) is 16.9. The number of para-hydroxylation sites is 1. The smallest absolute Gasteiger partial charge is 0.136 e. The first-order chi connectivity index (χ1) is 14.8. The summed E-state index contributed by atoms with van der Waals surface area (Å²) in [7, 11) is 0. The van der Waals surface area contributed by atoms with Gasteiger partial charge in [-0.05, 0) is 70.4 Å². The average Bonchev–Trinajstić information content (AvgIpc) is 3.15. The molecule has 1 aromatic heterocycles. The second-order valence-corrected chi connectivity index (χ2v) is 7.58. The maximum absolute atomic E-state index is 6.23. The summed E-state index contributed by atoms with van der Waals surface area (Å²) >= 11 is 0. The van der Waals surface area contributed by atoms with Gasteiger partial charge in [-0.15, -0.1) is 0 Å². The van der Waals surface area contributed by atoms with Crippen molar-refractivity contribution in [2.45, 2.75) is 0 Å². The van der Waals surface area contributed by atoms with Crippen molar-refractivity contribution >= 4 is 44.1 Å². The van der Waals surface area contributed by atoms with Gasteiger partial charge >= 0.3 is 0 Å². The highest BCUT2D eigenvalue weighted by Crippen LogP contribution is 2.35. The molecule has 0 aliphatic carbocycles. The van der Waals surface area contributed by atoms with Gasteiger partial charge in [-0.1, -0.05) is 60.7 Å². The van der Waals surface area contributed by atoms with Gasteiger partial charge in [-0.25, -0.2) is 0 Å². The summed E-state index contributed by atoms with van der Waals surface area (Å²) in [6, 6.07) is 37.9. The van der Waals surface area contributed by atoms with E-state index in [2.05, 4.69) is 96.3 Å². The number of furan rings is 1. The Labute approximate surface area is 174 Å². The summed E-state index contributed by atoms with van der Waals surface area (Å²) in [5, 5.41) is 8.21. The first-order valence-corrected chi connectivity index (χ1v) is 10.1. The van der Waals surface area contributed by atoms with Crippen molar-refractivity contribution in [3.8, 4) is 11.1 Å². The van der Waals surface area contributed by atoms with E-state index in [1.165, 1.54) is 10.8 Å². The number of benzene rings is 5. The Kier molecular flexibility index (Phi) is 3.82. The molecular formula is C28H19NO. The third-order valence-electron chi connectivity index (χ3n) is 5.60. The Balaban J connectivity index is 1.43. The summed E-state index contributed by atoms with van der Waals surface area (Å²) in [6.45, 7) is 0. The van der Waals surface area contributed by atoms with Gasteiger partial charge in [0.05, 0.1) is 0 Å². The van der Waals surface area contributed by atoms with E-state index in [4.69, 9.17) is 4.42 Å². The molecule has 6 aromatic rings. The fourth-order valence-electron chi connectivity index (χ4n) is 4.11. The average molecular weight is 385 g/mol. The molecule has 1 heterocycles. The zero-order valence-electron chi connectivity index (χ0n) is 16.3. The van der Waals surface area contributed by atoms with E-state index in [-0.39, 0.29) is 0 Å². The minimum Gasteiger partial charge on any atom is -0.456 e. The molecule has 2 heteroatoms. The monoisotopic (exact) mass is 385 g/mol. The lowest BCUT2D eigenvalue weighted by molar-refractivity contribution is 0.669. The van der Waals surface area contributed by atoms with Crippen LogP contribution >= 0.6 is 0 Å². The number of fused-ring (bicyclic) bond motifs is 4. The molecular weight excluding hydrogens is 366 g/mol. The van der Waals surface area contributed by atoms with Crippen molar-refractivity contribution in [1.82, 2.24) is 0 Å². The third-order valence-corrected chi connectivity index (χ3v) is 5.60. The van der Waals surface area contributed by atoms with Crippen LogP contribution in [0, 0.1) is 0 Å². The molecule has 0 atom stereocenters. The molecule has 6 rings (SSSR count). The molecule has 30 heavy (non-hydrogen) atoms. The minimum absolute atomic E-state index is 0.916. The zero-order valence-corrected chi connectivity index (χ0v) is 16.3. The predicted molar refractivity (Wildman–Crippen MR) is 126 cm³/mol. The number of anilines is 2. The molecule has 5 aromatic carbocycles. The molecule has 0 aliphatic heterocycles. The SMILES string of the molecule is c1ccc(Nc2cccc(-c3ccc4c(c3)oc3cc5ccccc5cc34)c2)cc1. The molecule has 142 valence electrons. The Morgan fingerprint density at radius 2 is 1.17 bits per heavy atom. The number of nitrogens with one attached hydrogen (secondary N) is 1. The van der Waals surface area contributed by atoms with Gasteiger partial charge in [0.1, 0.15) is 11.2 Å². The zero-order chi connectivity index (χ0) is 19.9. The second-order valence-electron chi connectivity index (χ2n) is 7.58. The highest BCUT2D eigenvalue weighted by atomic mass is 16.3. The van der Waals surface area contributed by atoms with Gasteiger partial charge in [0.2, 0.25) is 0 Å². The van der Waals surface area contributed by atoms with Crippen LogP contribution < -0.4 is 5.32 Å². The van der Waals surface area contributed by atoms with Crippen LogP contribution in [0.3, 0.4) is 0 Å². The van der Waals surface area contributed by atoms with E-state index >= 15 is 0 Å². The van der Waals surface area contributed by atoms with E-state index in [9.17, 15) is 0 Å². The summed E-state index contributed by atoms with van der Waals surface area (Å²) in [5.41, 5.74) is 6.29. The van der Waals surface area contributed by atoms with Crippen molar-refractivity contribution in [3.63, 3.8) is 0 Å². The maximum atomic E-state index is 6.23. The van der Waals surface area contributed by atoms with Crippen LogP contribution in [0.5, 0.6) is 0 Å². The predicted octanol–water partition coefficient (Wildman–Crippen LogP) is 8.15. The van der Waals surface area contributed by atoms with Crippen LogP contribution in [-0.2, 0) is 0 Å². The van der Waals surface area contributed by atoms with Crippen molar-refractivity contribution in [3.05, 3.63) is 109 Å². The maximum Gasteiger partial charge on any atom is 0.136 e. The largest absolute Gasteiger partial charge is 0.456 e. The van der Waals surface area contributed by atoms with Gasteiger partial charge in [-0.2, -0.15) is 0 Å². The van der Waals surface area contributed by atoms with Crippen LogP contribution in [-0.4, -0.2) is 0 Å². The molecule has 1 N–H and O–H groups in total. The molecule has 0 radical (unpaired) electrons. The van der Waals surface area contributed by atoms with Gasteiger partial charge in [0, 0.05) is 22.1 Å². The van der Waals surface area contributed by atoms with Crippen LogP contribution in [0.2, 0.25) is 0 Å². The molecule has 0 spiro atoms. The highest BCUT2D eigenvalue weighted by Gasteiger charge is 2.10. The Morgan fingerprint density at radius 3 is 2.03 bits per heavy atom. The molecule has 0 aliphatic rings. The van der Waals surface area contributed by atoms with Gasteiger partial charge < -0.3 is 9.73 Å². The second kappa shape index (κ2) is 6.78. The van der Waals surface area contributed by atoms with Crippen LogP contribution in [0.15, 0.2) is 114 Å². The van der Waals surface area contributed by atoms with E-state index in [1.807, 2.05) is 18.2 Å². The van der Waals surface area contributed by atoms with E-state index in [0.717, 1.165) is 44.4 Å². The fraction of sp³-hybridized carbons (Fsp3) is 0. The highest BCUT2D eigenvalue weighted by molar-refractivity contribution is 6.10. The number of hydrogen-bond acceptors (Lipinski definition) is 2. The summed E-state index contributed by atoms with van der Waals surface area (Å²) in [6.07, 6.45) is 0. The van der Waals surface area contributed by atoms with Crippen LogP contribution in [0.4, 0.5) is 11.4 Å². The number of rotatable bonds is 3. The van der Waals surface area contributed by atoms with Gasteiger partial charge in [0.15, 0.2) is 0 Å². The molecule has 0 fully saturated rings. The van der Waals surface area contributed by atoms with E-state index < -0.39 is 0 Å². The quantitative estimate of drug-likeness (QED) is 0.332. The standard InChI is InChI=1S/C28H19NO/c1-2-10-23(11-3-1)29-24-12-6-9-19(15-24)22-13-14-25-26-16-20-7-4-5-8-21(20)17-28(26)30-27(25)18-22/h1-18,29H. The van der Waals surface area contributed by atoms with Crippen molar-refractivity contribution in [1.29, 1.82) is 0 Å². The van der Waals surface area contributed by atoms with Gasteiger partial charge in [-0.3, -0.25) is 0 Å². The fourth-order valence-corrected chi connectivity index (χ4v) is 4.11. The Morgan fingerprint density at radius 1 is 0.467 bits per heavy atom. The Bertz CT molecular complexity index is 1510. The minimum atomic E-state index is 0.916. The van der Waals surface area contributed by atoms with E-state index in [1.54, 1.807) is 0 Å². The van der Waals surface area contributed by atoms with Crippen molar-refractivity contribution in [2.24, 2.45) is 0 Å². The number of hydrogen-bond donors (Lipinski definition) is 1. The Hall–Kier alpha value is -4.04. The topological polar surface area (TPSA) is 25.2 Å². The molecule has 2 nitrogen and oxygen atoms in total. The lowest BCUT2D eigenvalue weighted by atomic mass is 10.0. The molecule has 0 bridgehead atoms. The molecule has 0 unspecified atom stereocenters. The summed E-state index contributed by atoms with van der Waals surface area (Å²) in [5.74, 6) is 0. The van der Waals surface area contributed by atoms with Crippen molar-refractivity contribution in [2.75, 3.05) is 5.32 Å². The molecule has 0 saturated heterocycles. The third kappa shape index (κ3) is 2.90. The lowest BCUT2D eigenvalue weighted by Crippen LogP contribution is -1.90. The van der Waals surface area contributed by atoms with E-state index in [0.29, 0.717) is 0 Å². The van der Waals surface area contributed by atoms with Gasteiger partial charge in [0.25, 0.3) is 0 Å². The van der Waals surface area contributed by atoms with Crippen LogP contribution in [0.25, 0.3) is 43.8 Å². The summed E-state index contributed by atoms with van der Waals surface area (Å²) < 4.78 is 6.23. The summed E-state index contributed by atoms with van der Waals surface area (Å²) in [4.78, 5) is 0. The molecule has 0 amide bonds. The molecule has 0 saturated carbocycles. The van der Waals surface area contributed by atoms with Crippen LogP contribution in [0.1, 0.15) is 0 Å². The normalized spacial score (nSPS) is 11.3. The lowest BCUT2D eigenvalue weighted by Gasteiger charge is -2.08.